The fourth-order valence-corrected chi connectivity index (χ4v) is 2.12. The van der Waals surface area contributed by atoms with Crippen molar-refractivity contribution < 1.29 is 19.1 Å². The van der Waals surface area contributed by atoms with Crippen LogP contribution in [0, 0.1) is 11.7 Å². The fourth-order valence-electron chi connectivity index (χ4n) is 2.12. The van der Waals surface area contributed by atoms with Crippen LogP contribution in [0.4, 0.5) is 10.1 Å². The highest BCUT2D eigenvalue weighted by Gasteiger charge is 2.22. The van der Waals surface area contributed by atoms with Gasteiger partial charge in [-0.1, -0.05) is 0 Å². The van der Waals surface area contributed by atoms with Gasteiger partial charge in [-0.15, -0.1) is 0 Å². The number of carbonyl (C=O) groups excluding carboxylic acids is 1. The van der Waals surface area contributed by atoms with Crippen LogP contribution < -0.4 is 10.6 Å². The van der Waals surface area contributed by atoms with Gasteiger partial charge in [0, 0.05) is 6.54 Å². The van der Waals surface area contributed by atoms with Crippen molar-refractivity contribution in [2.24, 2.45) is 5.92 Å². The van der Waals surface area contributed by atoms with Gasteiger partial charge in [-0.25, -0.2) is 9.18 Å². The molecule has 0 spiro atoms. The predicted molar refractivity (Wildman–Crippen MR) is 67.6 cm³/mol. The minimum Gasteiger partial charge on any atom is -0.478 e. The van der Waals surface area contributed by atoms with Gasteiger partial charge in [0.1, 0.15) is 5.82 Å². The van der Waals surface area contributed by atoms with Gasteiger partial charge in [-0.2, -0.15) is 0 Å². The van der Waals surface area contributed by atoms with Gasteiger partial charge in [0.25, 0.3) is 0 Å². The van der Waals surface area contributed by atoms with Gasteiger partial charge in [-0.3, -0.25) is 4.79 Å². The number of carboxylic acid groups (broad SMARTS) is 1. The summed E-state index contributed by atoms with van der Waals surface area (Å²) in [6.45, 7) is 1.44. The molecule has 1 atom stereocenters. The number of anilines is 1. The van der Waals surface area contributed by atoms with Crippen molar-refractivity contribution in [3.8, 4) is 0 Å². The second-order valence-corrected chi connectivity index (χ2v) is 4.53. The summed E-state index contributed by atoms with van der Waals surface area (Å²) in [4.78, 5) is 23.0. The molecular formula is C13H15FN2O3. The van der Waals surface area contributed by atoms with Gasteiger partial charge in [-0.05, 0) is 37.6 Å². The smallest absolute Gasteiger partial charge is 0.337 e. The number of carboxylic acids is 1. The minimum atomic E-state index is -1.20. The van der Waals surface area contributed by atoms with Crippen molar-refractivity contribution in [2.75, 3.05) is 18.4 Å². The SMILES string of the molecule is O=C(O)c1ccc(F)cc1NC(=O)[C@@H]1CCCNC1. The topological polar surface area (TPSA) is 78.4 Å². The summed E-state index contributed by atoms with van der Waals surface area (Å²) in [5.41, 5.74) is -0.110. The number of carbonyl (C=O) groups is 2. The highest BCUT2D eigenvalue weighted by atomic mass is 19.1. The average molecular weight is 266 g/mol. The van der Waals surface area contributed by atoms with E-state index >= 15 is 0 Å². The Labute approximate surface area is 109 Å². The largest absolute Gasteiger partial charge is 0.478 e. The predicted octanol–water partition coefficient (Wildman–Crippen LogP) is 1.46. The molecule has 102 valence electrons. The van der Waals surface area contributed by atoms with Crippen molar-refractivity contribution in [2.45, 2.75) is 12.8 Å². The molecule has 1 heterocycles. The first kappa shape index (κ1) is 13.5. The van der Waals surface area contributed by atoms with Crippen molar-refractivity contribution in [1.29, 1.82) is 0 Å². The van der Waals surface area contributed by atoms with E-state index in [2.05, 4.69) is 10.6 Å². The van der Waals surface area contributed by atoms with E-state index in [1.165, 1.54) is 0 Å². The highest BCUT2D eigenvalue weighted by Crippen LogP contribution is 2.19. The zero-order valence-electron chi connectivity index (χ0n) is 10.3. The number of amides is 1. The lowest BCUT2D eigenvalue weighted by Gasteiger charge is -2.22. The summed E-state index contributed by atoms with van der Waals surface area (Å²) >= 11 is 0. The van der Waals surface area contributed by atoms with Crippen LogP contribution in [-0.2, 0) is 4.79 Å². The summed E-state index contributed by atoms with van der Waals surface area (Å²) in [6, 6.07) is 3.23. The standard InChI is InChI=1S/C13H15FN2O3/c14-9-3-4-10(13(18)19)11(6-9)16-12(17)8-2-1-5-15-7-8/h3-4,6,8,15H,1-2,5,7H2,(H,16,17)(H,18,19)/t8-/m1/s1. The molecule has 1 aliphatic rings. The van der Waals surface area contributed by atoms with E-state index in [0.29, 0.717) is 6.54 Å². The van der Waals surface area contributed by atoms with Crippen LogP contribution in [0.1, 0.15) is 23.2 Å². The quantitative estimate of drug-likeness (QED) is 0.774. The van der Waals surface area contributed by atoms with Gasteiger partial charge < -0.3 is 15.7 Å². The third kappa shape index (κ3) is 3.29. The Balaban J connectivity index is 2.15. The molecule has 0 aliphatic carbocycles. The molecule has 0 bridgehead atoms. The molecule has 0 radical (unpaired) electrons. The number of piperidine rings is 1. The molecule has 1 amide bonds. The molecular weight excluding hydrogens is 251 g/mol. The molecule has 1 aromatic carbocycles. The lowest BCUT2D eigenvalue weighted by atomic mass is 9.98. The van der Waals surface area contributed by atoms with E-state index in [4.69, 9.17) is 5.11 Å². The lowest BCUT2D eigenvalue weighted by molar-refractivity contribution is -0.120. The Bertz CT molecular complexity index is 499. The number of aromatic carboxylic acids is 1. The van der Waals surface area contributed by atoms with E-state index in [0.717, 1.165) is 37.6 Å². The molecule has 5 nitrogen and oxygen atoms in total. The van der Waals surface area contributed by atoms with Crippen LogP contribution in [0.2, 0.25) is 0 Å². The normalized spacial score (nSPS) is 18.9. The molecule has 0 unspecified atom stereocenters. The van der Waals surface area contributed by atoms with Crippen LogP contribution in [-0.4, -0.2) is 30.1 Å². The number of hydrogen-bond acceptors (Lipinski definition) is 3. The van der Waals surface area contributed by atoms with Crippen molar-refractivity contribution in [3.05, 3.63) is 29.6 Å². The molecule has 6 heteroatoms. The van der Waals surface area contributed by atoms with Crippen LogP contribution in [0.5, 0.6) is 0 Å². The Kier molecular flexibility index (Phi) is 4.11. The van der Waals surface area contributed by atoms with E-state index in [9.17, 15) is 14.0 Å². The fraction of sp³-hybridized carbons (Fsp3) is 0.385. The Hall–Kier alpha value is -1.95. The Morgan fingerprint density at radius 1 is 1.42 bits per heavy atom. The van der Waals surface area contributed by atoms with E-state index in [1.54, 1.807) is 0 Å². The summed E-state index contributed by atoms with van der Waals surface area (Å²) in [5, 5.41) is 14.6. The Morgan fingerprint density at radius 2 is 2.21 bits per heavy atom. The zero-order chi connectivity index (χ0) is 13.8. The third-order valence-corrected chi connectivity index (χ3v) is 3.14. The highest BCUT2D eigenvalue weighted by molar-refractivity contribution is 6.01. The van der Waals surface area contributed by atoms with Gasteiger partial charge in [0.15, 0.2) is 0 Å². The molecule has 3 N–H and O–H groups in total. The lowest BCUT2D eigenvalue weighted by Crippen LogP contribution is -2.37. The van der Waals surface area contributed by atoms with Crippen LogP contribution in [0.15, 0.2) is 18.2 Å². The first-order valence-electron chi connectivity index (χ1n) is 6.12. The number of benzene rings is 1. The second kappa shape index (κ2) is 5.79. The van der Waals surface area contributed by atoms with E-state index < -0.39 is 11.8 Å². The molecule has 0 aromatic heterocycles. The maximum absolute atomic E-state index is 13.1. The van der Waals surface area contributed by atoms with Crippen LogP contribution >= 0.6 is 0 Å². The van der Waals surface area contributed by atoms with Crippen molar-refractivity contribution in [3.63, 3.8) is 0 Å². The summed E-state index contributed by atoms with van der Waals surface area (Å²) in [5.74, 6) is -2.27. The van der Waals surface area contributed by atoms with Gasteiger partial charge in [0.2, 0.25) is 5.91 Å². The number of halogens is 1. The van der Waals surface area contributed by atoms with Gasteiger partial charge in [0.05, 0.1) is 17.2 Å². The summed E-state index contributed by atoms with van der Waals surface area (Å²) < 4.78 is 13.1. The first-order chi connectivity index (χ1) is 9.08. The molecule has 1 saturated heterocycles. The first-order valence-corrected chi connectivity index (χ1v) is 6.12. The summed E-state index contributed by atoms with van der Waals surface area (Å²) in [6.07, 6.45) is 1.64. The number of rotatable bonds is 3. The molecule has 19 heavy (non-hydrogen) atoms. The molecule has 0 saturated carbocycles. The second-order valence-electron chi connectivity index (χ2n) is 4.53. The van der Waals surface area contributed by atoms with Crippen LogP contribution in [0.3, 0.4) is 0 Å². The van der Waals surface area contributed by atoms with E-state index in [-0.39, 0.29) is 23.1 Å². The maximum Gasteiger partial charge on any atom is 0.337 e. The number of nitrogens with one attached hydrogen (secondary N) is 2. The maximum atomic E-state index is 13.1. The van der Waals surface area contributed by atoms with E-state index in [1.807, 2.05) is 0 Å². The summed E-state index contributed by atoms with van der Waals surface area (Å²) in [7, 11) is 0. The molecule has 1 aromatic rings. The van der Waals surface area contributed by atoms with Crippen molar-refractivity contribution in [1.82, 2.24) is 5.32 Å². The van der Waals surface area contributed by atoms with Crippen molar-refractivity contribution >= 4 is 17.6 Å². The molecule has 1 fully saturated rings. The monoisotopic (exact) mass is 266 g/mol. The molecule has 2 rings (SSSR count). The molecule has 1 aliphatic heterocycles. The Morgan fingerprint density at radius 3 is 2.84 bits per heavy atom. The average Bonchev–Trinajstić information content (AvgIpc) is 2.39. The third-order valence-electron chi connectivity index (χ3n) is 3.14. The minimum absolute atomic E-state index is 0.00285. The number of hydrogen-bond donors (Lipinski definition) is 3. The zero-order valence-corrected chi connectivity index (χ0v) is 10.3. The van der Waals surface area contributed by atoms with Gasteiger partial charge >= 0.3 is 5.97 Å². The van der Waals surface area contributed by atoms with Crippen LogP contribution in [0.25, 0.3) is 0 Å².